The number of nitro benzene ring substituents is 1. The Bertz CT molecular complexity index is 1060. The minimum Gasteiger partial charge on any atom is -0.496 e. The van der Waals surface area contributed by atoms with Gasteiger partial charge in [0.2, 0.25) is 0 Å². The van der Waals surface area contributed by atoms with Crippen molar-refractivity contribution in [3.63, 3.8) is 0 Å². The van der Waals surface area contributed by atoms with Crippen molar-refractivity contribution in [2.24, 2.45) is 0 Å². The Labute approximate surface area is 166 Å². The number of para-hydroxylation sites is 1. The number of carbonyl (C=O) groups is 1. The summed E-state index contributed by atoms with van der Waals surface area (Å²) in [5.74, 6) is 0.760. The van der Waals surface area contributed by atoms with E-state index in [2.05, 4.69) is 10.5 Å². The zero-order valence-electron chi connectivity index (χ0n) is 16.1. The van der Waals surface area contributed by atoms with E-state index in [-0.39, 0.29) is 23.7 Å². The third kappa shape index (κ3) is 4.34. The minimum absolute atomic E-state index is 0.00111. The first-order valence-electron chi connectivity index (χ1n) is 8.68. The molecular weight excluding hydrogens is 378 g/mol. The average Bonchev–Trinajstić information content (AvgIpc) is 3.08. The molecule has 0 fully saturated rings. The second-order valence-electron chi connectivity index (χ2n) is 6.21. The molecule has 0 aliphatic carbocycles. The van der Waals surface area contributed by atoms with Crippen LogP contribution in [0.1, 0.15) is 27.4 Å². The Hall–Kier alpha value is -3.88. The number of hydrogen-bond donors (Lipinski definition) is 1. The minimum atomic E-state index is -0.640. The van der Waals surface area contributed by atoms with Crippen LogP contribution in [0.2, 0.25) is 0 Å². The van der Waals surface area contributed by atoms with Crippen LogP contribution in [0.3, 0.4) is 0 Å². The van der Waals surface area contributed by atoms with Crippen LogP contribution in [0.15, 0.2) is 47.0 Å². The molecule has 3 aromatic rings. The molecule has 0 unspecified atom stereocenters. The molecule has 3 rings (SSSR count). The Kier molecular flexibility index (Phi) is 5.77. The highest BCUT2D eigenvalue weighted by molar-refractivity contribution is 6.05. The molecule has 1 N–H and O–H groups in total. The smallest absolute Gasteiger partial charge is 0.296 e. The fourth-order valence-corrected chi connectivity index (χ4v) is 2.68. The number of anilines is 1. The van der Waals surface area contributed by atoms with Gasteiger partial charge in [0.15, 0.2) is 5.69 Å². The number of hydrogen-bond acceptors (Lipinski definition) is 7. The molecule has 0 radical (unpaired) electrons. The van der Waals surface area contributed by atoms with Crippen molar-refractivity contribution in [2.45, 2.75) is 20.5 Å². The van der Waals surface area contributed by atoms with Crippen molar-refractivity contribution in [1.82, 2.24) is 5.16 Å². The van der Waals surface area contributed by atoms with E-state index in [0.717, 1.165) is 5.56 Å². The molecule has 1 heterocycles. The SMILES string of the molecule is COc1ccc(NC(=O)c2noc(C)c2COc2ccccc2C)c([N+](=O)[O-])c1. The molecule has 0 aliphatic heterocycles. The molecule has 0 spiro atoms. The first-order valence-corrected chi connectivity index (χ1v) is 8.68. The van der Waals surface area contributed by atoms with Crippen molar-refractivity contribution in [3.05, 3.63) is 75.2 Å². The molecule has 0 saturated heterocycles. The second kappa shape index (κ2) is 8.42. The number of amides is 1. The Morgan fingerprint density at radius 3 is 2.69 bits per heavy atom. The summed E-state index contributed by atoms with van der Waals surface area (Å²) in [6.45, 7) is 3.63. The maximum absolute atomic E-state index is 12.7. The van der Waals surface area contributed by atoms with Crippen LogP contribution >= 0.6 is 0 Å². The van der Waals surface area contributed by atoms with Crippen LogP contribution in [0, 0.1) is 24.0 Å². The van der Waals surface area contributed by atoms with Crippen molar-refractivity contribution in [1.29, 1.82) is 0 Å². The molecule has 29 heavy (non-hydrogen) atoms. The van der Waals surface area contributed by atoms with E-state index in [9.17, 15) is 14.9 Å². The van der Waals surface area contributed by atoms with Gasteiger partial charge in [-0.1, -0.05) is 23.4 Å². The monoisotopic (exact) mass is 397 g/mol. The lowest BCUT2D eigenvalue weighted by atomic mass is 10.1. The predicted octanol–water partition coefficient (Wildman–Crippen LogP) is 4.04. The number of methoxy groups -OCH3 is 1. The van der Waals surface area contributed by atoms with Crippen molar-refractivity contribution in [2.75, 3.05) is 12.4 Å². The summed E-state index contributed by atoms with van der Waals surface area (Å²) >= 11 is 0. The number of ether oxygens (including phenoxy) is 2. The second-order valence-corrected chi connectivity index (χ2v) is 6.21. The summed E-state index contributed by atoms with van der Waals surface area (Å²) in [5, 5.41) is 17.6. The van der Waals surface area contributed by atoms with Gasteiger partial charge in [-0.3, -0.25) is 14.9 Å². The molecule has 2 aromatic carbocycles. The lowest BCUT2D eigenvalue weighted by Crippen LogP contribution is -2.16. The van der Waals surface area contributed by atoms with Crippen LogP contribution in [0.5, 0.6) is 11.5 Å². The van der Waals surface area contributed by atoms with Crippen LogP contribution in [-0.4, -0.2) is 23.1 Å². The molecule has 9 nitrogen and oxygen atoms in total. The third-order valence-electron chi connectivity index (χ3n) is 4.32. The lowest BCUT2D eigenvalue weighted by molar-refractivity contribution is -0.384. The first kappa shape index (κ1) is 19.9. The molecule has 0 bridgehead atoms. The largest absolute Gasteiger partial charge is 0.496 e. The van der Waals surface area contributed by atoms with Gasteiger partial charge >= 0.3 is 0 Å². The van der Waals surface area contributed by atoms with Crippen LogP contribution in [0.25, 0.3) is 0 Å². The van der Waals surface area contributed by atoms with E-state index in [1.165, 1.54) is 25.3 Å². The lowest BCUT2D eigenvalue weighted by Gasteiger charge is -2.10. The van der Waals surface area contributed by atoms with E-state index in [4.69, 9.17) is 14.0 Å². The highest BCUT2D eigenvalue weighted by atomic mass is 16.6. The van der Waals surface area contributed by atoms with Crippen molar-refractivity contribution >= 4 is 17.3 Å². The Balaban J connectivity index is 1.82. The number of benzene rings is 2. The van der Waals surface area contributed by atoms with Gasteiger partial charge in [0.25, 0.3) is 11.6 Å². The van der Waals surface area contributed by atoms with Gasteiger partial charge in [0.1, 0.15) is 29.6 Å². The highest BCUT2D eigenvalue weighted by Crippen LogP contribution is 2.30. The van der Waals surface area contributed by atoms with Crippen LogP contribution < -0.4 is 14.8 Å². The number of carbonyl (C=O) groups excluding carboxylic acids is 1. The van der Waals surface area contributed by atoms with Gasteiger partial charge in [-0.2, -0.15) is 0 Å². The van der Waals surface area contributed by atoms with E-state index in [0.29, 0.717) is 22.8 Å². The standard InChI is InChI=1S/C20H19N3O6/c1-12-6-4-5-7-18(12)28-11-15-13(2)29-22-19(15)20(24)21-16-9-8-14(27-3)10-17(16)23(25)26/h4-10H,11H2,1-3H3,(H,21,24). The maximum Gasteiger partial charge on any atom is 0.296 e. The van der Waals surface area contributed by atoms with Crippen molar-refractivity contribution < 1.29 is 23.7 Å². The molecule has 1 aromatic heterocycles. The van der Waals surface area contributed by atoms with Gasteiger partial charge in [0.05, 0.1) is 23.7 Å². The van der Waals surface area contributed by atoms with E-state index in [1.54, 1.807) is 6.92 Å². The van der Waals surface area contributed by atoms with E-state index >= 15 is 0 Å². The molecule has 9 heteroatoms. The molecule has 150 valence electrons. The Morgan fingerprint density at radius 2 is 2.00 bits per heavy atom. The van der Waals surface area contributed by atoms with E-state index in [1.807, 2.05) is 31.2 Å². The topological polar surface area (TPSA) is 117 Å². The molecule has 0 atom stereocenters. The summed E-state index contributed by atoms with van der Waals surface area (Å²) in [6.07, 6.45) is 0. The van der Waals surface area contributed by atoms with Crippen molar-refractivity contribution in [3.8, 4) is 11.5 Å². The zero-order chi connectivity index (χ0) is 21.0. The normalized spacial score (nSPS) is 10.4. The number of rotatable bonds is 7. The molecular formula is C20H19N3O6. The number of nitrogens with zero attached hydrogens (tertiary/aromatic N) is 2. The quantitative estimate of drug-likeness (QED) is 0.472. The number of aromatic nitrogens is 1. The number of aryl methyl sites for hydroxylation is 2. The molecule has 0 aliphatic rings. The Morgan fingerprint density at radius 1 is 1.24 bits per heavy atom. The summed E-state index contributed by atoms with van der Waals surface area (Å²) in [6, 6.07) is 11.6. The summed E-state index contributed by atoms with van der Waals surface area (Å²) < 4.78 is 15.9. The van der Waals surface area contributed by atoms with Crippen LogP contribution in [0.4, 0.5) is 11.4 Å². The third-order valence-corrected chi connectivity index (χ3v) is 4.32. The maximum atomic E-state index is 12.7. The van der Waals surface area contributed by atoms with Gasteiger partial charge in [-0.05, 0) is 37.6 Å². The molecule has 1 amide bonds. The average molecular weight is 397 g/mol. The fourth-order valence-electron chi connectivity index (χ4n) is 2.68. The summed E-state index contributed by atoms with van der Waals surface area (Å²) in [7, 11) is 1.40. The number of nitro groups is 1. The molecule has 0 saturated carbocycles. The number of nitrogens with one attached hydrogen (secondary N) is 1. The first-order chi connectivity index (χ1) is 13.9. The van der Waals surface area contributed by atoms with Gasteiger partial charge < -0.3 is 19.3 Å². The van der Waals surface area contributed by atoms with Gasteiger partial charge in [0, 0.05) is 0 Å². The van der Waals surface area contributed by atoms with E-state index < -0.39 is 10.8 Å². The fraction of sp³-hybridized carbons (Fsp3) is 0.200. The zero-order valence-corrected chi connectivity index (χ0v) is 16.1. The summed E-state index contributed by atoms with van der Waals surface area (Å²) in [4.78, 5) is 23.4. The predicted molar refractivity (Wildman–Crippen MR) is 104 cm³/mol. The van der Waals surface area contributed by atoms with Gasteiger partial charge in [-0.25, -0.2) is 0 Å². The summed E-state index contributed by atoms with van der Waals surface area (Å²) in [5.41, 5.74) is 1.13. The van der Waals surface area contributed by atoms with Crippen LogP contribution in [-0.2, 0) is 6.61 Å². The highest BCUT2D eigenvalue weighted by Gasteiger charge is 2.24. The van der Waals surface area contributed by atoms with Gasteiger partial charge in [-0.15, -0.1) is 0 Å².